The van der Waals surface area contributed by atoms with Crippen LogP contribution in [-0.2, 0) is 13.1 Å². The lowest BCUT2D eigenvalue weighted by Gasteiger charge is -2.22. The Labute approximate surface area is 105 Å². The Morgan fingerprint density at radius 2 is 2.18 bits per heavy atom. The molecule has 0 aromatic carbocycles. The average molecular weight is 238 g/mol. The van der Waals surface area contributed by atoms with Gasteiger partial charge < -0.3 is 15.0 Å². The van der Waals surface area contributed by atoms with E-state index in [1.165, 1.54) is 5.69 Å². The number of nitrogens with one attached hydrogen (secondary N) is 1. The number of aromatic nitrogens is 1. The first-order chi connectivity index (χ1) is 8.19. The van der Waals surface area contributed by atoms with E-state index in [2.05, 4.69) is 49.0 Å². The molecule has 0 fully saturated rings. The molecule has 98 valence electrons. The van der Waals surface area contributed by atoms with E-state index in [-0.39, 0.29) is 6.61 Å². The van der Waals surface area contributed by atoms with Gasteiger partial charge in [0.25, 0.3) is 0 Å². The normalized spacial score (nSPS) is 13.2. The lowest BCUT2D eigenvalue weighted by atomic mass is 10.0. The Hall–Kier alpha value is -0.800. The van der Waals surface area contributed by atoms with Crippen LogP contribution in [0.3, 0.4) is 0 Å². The summed E-state index contributed by atoms with van der Waals surface area (Å²) in [5, 5.41) is 12.6. The average Bonchev–Trinajstić information content (AvgIpc) is 2.72. The molecular weight excluding hydrogens is 212 g/mol. The van der Waals surface area contributed by atoms with Crippen LogP contribution in [0.4, 0.5) is 0 Å². The zero-order chi connectivity index (χ0) is 12.7. The maximum absolute atomic E-state index is 9.04. The Morgan fingerprint density at radius 1 is 1.41 bits per heavy atom. The molecule has 1 aromatic rings. The molecule has 0 spiro atoms. The summed E-state index contributed by atoms with van der Waals surface area (Å²) in [5.41, 5.74) is 1.33. The fraction of sp³-hybridized carbons (Fsp3) is 0.714. The van der Waals surface area contributed by atoms with Crippen LogP contribution in [-0.4, -0.2) is 22.3 Å². The molecule has 17 heavy (non-hydrogen) atoms. The third-order valence-electron chi connectivity index (χ3n) is 3.18. The van der Waals surface area contributed by atoms with Crippen LogP contribution in [0.2, 0.25) is 0 Å². The summed E-state index contributed by atoms with van der Waals surface area (Å²) < 4.78 is 2.29. The molecule has 0 amide bonds. The minimum Gasteiger partial charge on any atom is -0.396 e. The largest absolute Gasteiger partial charge is 0.396 e. The van der Waals surface area contributed by atoms with Crippen molar-refractivity contribution in [3.63, 3.8) is 0 Å². The molecule has 1 atom stereocenters. The van der Waals surface area contributed by atoms with Crippen LogP contribution in [0.15, 0.2) is 18.3 Å². The summed E-state index contributed by atoms with van der Waals surface area (Å²) >= 11 is 0. The van der Waals surface area contributed by atoms with Crippen LogP contribution in [0.5, 0.6) is 0 Å². The van der Waals surface area contributed by atoms with Gasteiger partial charge in [-0.05, 0) is 30.9 Å². The maximum atomic E-state index is 9.04. The van der Waals surface area contributed by atoms with Crippen molar-refractivity contribution < 1.29 is 5.11 Å². The summed E-state index contributed by atoms with van der Waals surface area (Å²) in [6, 6.07) is 4.66. The summed E-state index contributed by atoms with van der Waals surface area (Å²) in [5.74, 6) is 0.553. The lowest BCUT2D eigenvalue weighted by molar-refractivity contribution is 0.243. The van der Waals surface area contributed by atoms with Gasteiger partial charge in [-0.3, -0.25) is 0 Å². The standard InChI is InChI=1S/C14H26N2O/c1-4-8-16-9-5-6-13(16)11-15-14(7-10-17)12(2)3/h5-6,9,12,14-15,17H,4,7-8,10-11H2,1-3H3. The van der Waals surface area contributed by atoms with E-state index in [1.54, 1.807) is 0 Å². The third kappa shape index (κ3) is 4.52. The molecule has 0 aliphatic carbocycles. The second kappa shape index (κ2) is 7.51. The van der Waals surface area contributed by atoms with E-state index in [4.69, 9.17) is 5.11 Å². The lowest BCUT2D eigenvalue weighted by Crippen LogP contribution is -2.34. The van der Waals surface area contributed by atoms with Crippen LogP contribution in [0.25, 0.3) is 0 Å². The SMILES string of the molecule is CCCn1cccc1CNC(CCO)C(C)C. The molecule has 3 nitrogen and oxygen atoms in total. The molecule has 2 N–H and O–H groups in total. The monoisotopic (exact) mass is 238 g/mol. The van der Waals surface area contributed by atoms with E-state index in [1.807, 2.05) is 0 Å². The van der Waals surface area contributed by atoms with E-state index in [0.29, 0.717) is 12.0 Å². The highest BCUT2D eigenvalue weighted by molar-refractivity contribution is 5.07. The van der Waals surface area contributed by atoms with Crippen LogP contribution in [0, 0.1) is 5.92 Å². The molecule has 0 aliphatic heterocycles. The Kier molecular flexibility index (Phi) is 6.30. The second-order valence-corrected chi connectivity index (χ2v) is 4.94. The highest BCUT2D eigenvalue weighted by Gasteiger charge is 2.12. The first-order valence-corrected chi connectivity index (χ1v) is 6.67. The van der Waals surface area contributed by atoms with Crippen molar-refractivity contribution in [2.45, 2.75) is 52.7 Å². The number of rotatable bonds is 8. The first kappa shape index (κ1) is 14.3. The van der Waals surface area contributed by atoms with E-state index >= 15 is 0 Å². The van der Waals surface area contributed by atoms with Gasteiger partial charge in [-0.1, -0.05) is 20.8 Å². The number of aryl methyl sites for hydroxylation is 1. The zero-order valence-electron chi connectivity index (χ0n) is 11.3. The van der Waals surface area contributed by atoms with Crippen molar-refractivity contribution in [2.24, 2.45) is 5.92 Å². The smallest absolute Gasteiger partial charge is 0.0445 e. The Bertz CT molecular complexity index is 307. The van der Waals surface area contributed by atoms with Crippen molar-refractivity contribution in [1.82, 2.24) is 9.88 Å². The fourth-order valence-corrected chi connectivity index (χ4v) is 2.11. The van der Waals surface area contributed by atoms with Gasteiger partial charge in [0.1, 0.15) is 0 Å². The molecule has 0 saturated carbocycles. The van der Waals surface area contributed by atoms with E-state index < -0.39 is 0 Å². The topological polar surface area (TPSA) is 37.2 Å². The van der Waals surface area contributed by atoms with Crippen molar-refractivity contribution >= 4 is 0 Å². The van der Waals surface area contributed by atoms with Gasteiger partial charge >= 0.3 is 0 Å². The Morgan fingerprint density at radius 3 is 2.76 bits per heavy atom. The number of hydrogen-bond acceptors (Lipinski definition) is 2. The highest BCUT2D eigenvalue weighted by Crippen LogP contribution is 2.09. The van der Waals surface area contributed by atoms with Crippen LogP contribution >= 0.6 is 0 Å². The summed E-state index contributed by atoms with van der Waals surface area (Å²) in [6.07, 6.45) is 4.12. The van der Waals surface area contributed by atoms with E-state index in [0.717, 1.165) is 25.9 Å². The molecule has 0 saturated heterocycles. The minimum atomic E-state index is 0.256. The molecular formula is C14H26N2O. The summed E-state index contributed by atoms with van der Waals surface area (Å²) in [7, 11) is 0. The molecule has 0 aliphatic rings. The summed E-state index contributed by atoms with van der Waals surface area (Å²) in [6.45, 7) is 8.80. The minimum absolute atomic E-state index is 0.256. The van der Waals surface area contributed by atoms with Crippen LogP contribution < -0.4 is 5.32 Å². The molecule has 1 aromatic heterocycles. The van der Waals surface area contributed by atoms with Crippen molar-refractivity contribution in [3.8, 4) is 0 Å². The van der Waals surface area contributed by atoms with Crippen molar-refractivity contribution in [2.75, 3.05) is 6.61 Å². The molecule has 0 bridgehead atoms. The molecule has 1 heterocycles. The third-order valence-corrected chi connectivity index (χ3v) is 3.18. The van der Waals surface area contributed by atoms with Gasteiger partial charge in [-0.15, -0.1) is 0 Å². The first-order valence-electron chi connectivity index (χ1n) is 6.67. The number of aliphatic hydroxyl groups is 1. The molecule has 1 rings (SSSR count). The molecule has 1 unspecified atom stereocenters. The Balaban J connectivity index is 2.49. The van der Waals surface area contributed by atoms with Gasteiger partial charge in [0.2, 0.25) is 0 Å². The van der Waals surface area contributed by atoms with Crippen LogP contribution in [0.1, 0.15) is 39.3 Å². The van der Waals surface area contributed by atoms with Gasteiger partial charge in [0.15, 0.2) is 0 Å². The van der Waals surface area contributed by atoms with Gasteiger partial charge in [-0.25, -0.2) is 0 Å². The van der Waals surface area contributed by atoms with Gasteiger partial charge in [0.05, 0.1) is 0 Å². The number of aliphatic hydroxyl groups excluding tert-OH is 1. The van der Waals surface area contributed by atoms with Gasteiger partial charge in [-0.2, -0.15) is 0 Å². The second-order valence-electron chi connectivity index (χ2n) is 4.94. The van der Waals surface area contributed by atoms with Crippen molar-refractivity contribution in [1.29, 1.82) is 0 Å². The van der Waals surface area contributed by atoms with Gasteiger partial charge in [0, 0.05) is 37.6 Å². The highest BCUT2D eigenvalue weighted by atomic mass is 16.3. The number of hydrogen-bond donors (Lipinski definition) is 2. The molecule has 0 radical (unpaired) electrons. The zero-order valence-corrected chi connectivity index (χ0v) is 11.3. The van der Waals surface area contributed by atoms with Crippen molar-refractivity contribution in [3.05, 3.63) is 24.0 Å². The summed E-state index contributed by atoms with van der Waals surface area (Å²) in [4.78, 5) is 0. The quantitative estimate of drug-likeness (QED) is 0.729. The molecule has 3 heteroatoms. The predicted octanol–water partition coefficient (Wildman–Crippen LogP) is 2.39. The maximum Gasteiger partial charge on any atom is 0.0445 e. The fourth-order valence-electron chi connectivity index (χ4n) is 2.11. The van der Waals surface area contributed by atoms with E-state index in [9.17, 15) is 0 Å². The predicted molar refractivity (Wildman–Crippen MR) is 71.9 cm³/mol. The number of nitrogens with zero attached hydrogens (tertiary/aromatic N) is 1.